The lowest BCUT2D eigenvalue weighted by Gasteiger charge is -2.22. The summed E-state index contributed by atoms with van der Waals surface area (Å²) >= 11 is 6.05. The number of carbonyl (C=O) groups is 1. The van der Waals surface area contributed by atoms with Crippen molar-refractivity contribution in [3.05, 3.63) is 100 Å². The minimum absolute atomic E-state index is 0.161. The number of urea groups is 1. The lowest BCUT2D eigenvalue weighted by Crippen LogP contribution is -2.31. The van der Waals surface area contributed by atoms with E-state index in [4.69, 9.17) is 16.7 Å². The van der Waals surface area contributed by atoms with Crippen LogP contribution >= 0.6 is 11.6 Å². The van der Waals surface area contributed by atoms with Gasteiger partial charge in [0.1, 0.15) is 0 Å². The third kappa shape index (κ3) is 4.33. The van der Waals surface area contributed by atoms with Gasteiger partial charge in [0.05, 0.1) is 11.8 Å². The summed E-state index contributed by atoms with van der Waals surface area (Å²) in [6.07, 6.45) is 0.662. The van der Waals surface area contributed by atoms with E-state index < -0.39 is 0 Å². The summed E-state index contributed by atoms with van der Waals surface area (Å²) in [5, 5.41) is 9.72. The first-order valence-corrected chi connectivity index (χ1v) is 9.94. The van der Waals surface area contributed by atoms with Gasteiger partial charge in [-0.3, -0.25) is 0 Å². The molecule has 1 aliphatic rings. The molecule has 29 heavy (non-hydrogen) atoms. The number of hydrogen-bond donors (Lipinski definition) is 1. The number of hydrazone groups is 1. The van der Waals surface area contributed by atoms with Crippen LogP contribution in [-0.2, 0) is 0 Å². The summed E-state index contributed by atoms with van der Waals surface area (Å²) in [4.78, 5) is 13.1. The standard InChI is InChI=1S/C24H22ClN3O/c1-16-6-10-18(11-7-16)22-15-23(19-12-8-17(2)9-13-19)28(27-22)24(29)26-21-5-3-4-20(25)14-21/h3-14,23H,15H2,1-2H3,(H,26,29)/t23-/m0/s1. The SMILES string of the molecule is Cc1ccc(C2=NN(C(=O)Nc3cccc(Cl)c3)[C@H](c3ccc(C)cc3)C2)cc1. The average Bonchev–Trinajstić information content (AvgIpc) is 3.15. The topological polar surface area (TPSA) is 44.7 Å². The fourth-order valence-electron chi connectivity index (χ4n) is 3.41. The second-order valence-electron chi connectivity index (χ2n) is 7.33. The van der Waals surface area contributed by atoms with Gasteiger partial charge in [-0.2, -0.15) is 5.10 Å². The smallest absolute Gasteiger partial charge is 0.306 e. The normalized spacial score (nSPS) is 15.9. The maximum Gasteiger partial charge on any atom is 0.342 e. The summed E-state index contributed by atoms with van der Waals surface area (Å²) in [6.45, 7) is 4.11. The number of hydrogen-bond acceptors (Lipinski definition) is 2. The number of aryl methyl sites for hydroxylation is 2. The highest BCUT2D eigenvalue weighted by atomic mass is 35.5. The summed E-state index contributed by atoms with van der Waals surface area (Å²) in [5.41, 5.74) is 6.01. The maximum absolute atomic E-state index is 13.1. The molecule has 3 aromatic rings. The van der Waals surface area contributed by atoms with Gasteiger partial charge in [-0.1, -0.05) is 77.3 Å². The first-order chi connectivity index (χ1) is 14.0. The molecular weight excluding hydrogens is 382 g/mol. The highest BCUT2D eigenvalue weighted by Gasteiger charge is 2.33. The van der Waals surface area contributed by atoms with Crippen LogP contribution in [0, 0.1) is 13.8 Å². The van der Waals surface area contributed by atoms with E-state index in [9.17, 15) is 4.79 Å². The van der Waals surface area contributed by atoms with Gasteiger partial charge < -0.3 is 5.32 Å². The lowest BCUT2D eigenvalue weighted by molar-refractivity contribution is 0.200. The number of nitrogens with one attached hydrogen (secondary N) is 1. The van der Waals surface area contributed by atoms with Crippen molar-refractivity contribution in [3.63, 3.8) is 0 Å². The van der Waals surface area contributed by atoms with Crippen molar-refractivity contribution in [2.24, 2.45) is 5.10 Å². The van der Waals surface area contributed by atoms with Gasteiger partial charge in [0.15, 0.2) is 0 Å². The molecule has 0 fully saturated rings. The molecule has 5 heteroatoms. The second kappa shape index (κ2) is 8.10. The highest BCUT2D eigenvalue weighted by Crippen LogP contribution is 2.33. The zero-order valence-electron chi connectivity index (χ0n) is 16.4. The van der Waals surface area contributed by atoms with Crippen molar-refractivity contribution in [1.29, 1.82) is 0 Å². The zero-order valence-corrected chi connectivity index (χ0v) is 17.1. The van der Waals surface area contributed by atoms with Crippen LogP contribution in [0.3, 0.4) is 0 Å². The molecule has 3 aromatic carbocycles. The molecule has 0 saturated heterocycles. The van der Waals surface area contributed by atoms with E-state index >= 15 is 0 Å². The Hall–Kier alpha value is -3.11. The molecule has 1 aliphatic heterocycles. The fraction of sp³-hybridized carbons (Fsp3) is 0.167. The van der Waals surface area contributed by atoms with E-state index in [0.717, 1.165) is 16.8 Å². The Morgan fingerprint density at radius 3 is 2.31 bits per heavy atom. The summed E-state index contributed by atoms with van der Waals surface area (Å²) in [5.74, 6) is 0. The Kier molecular flexibility index (Phi) is 5.36. The number of anilines is 1. The van der Waals surface area contributed by atoms with Crippen LogP contribution in [0.2, 0.25) is 5.02 Å². The summed E-state index contributed by atoms with van der Waals surface area (Å²) in [7, 11) is 0. The van der Waals surface area contributed by atoms with Gasteiger partial charge in [0.2, 0.25) is 0 Å². The molecule has 0 bridgehead atoms. The van der Waals surface area contributed by atoms with Crippen molar-refractivity contribution < 1.29 is 4.79 Å². The highest BCUT2D eigenvalue weighted by molar-refractivity contribution is 6.30. The quantitative estimate of drug-likeness (QED) is 0.544. The number of benzene rings is 3. The van der Waals surface area contributed by atoms with Crippen molar-refractivity contribution in [1.82, 2.24) is 5.01 Å². The van der Waals surface area contributed by atoms with Crippen molar-refractivity contribution in [2.45, 2.75) is 26.3 Å². The van der Waals surface area contributed by atoms with Gasteiger partial charge >= 0.3 is 6.03 Å². The Morgan fingerprint density at radius 1 is 1.00 bits per heavy atom. The minimum atomic E-state index is -0.278. The Labute approximate surface area is 175 Å². The molecule has 0 aromatic heterocycles. The van der Waals surface area contributed by atoms with Crippen molar-refractivity contribution >= 4 is 29.0 Å². The van der Waals surface area contributed by atoms with Crippen LogP contribution in [0.5, 0.6) is 0 Å². The molecule has 1 heterocycles. The summed E-state index contributed by atoms with van der Waals surface area (Å²) in [6, 6.07) is 23.2. The number of amides is 2. The van der Waals surface area contributed by atoms with Gasteiger partial charge in [-0.15, -0.1) is 0 Å². The van der Waals surface area contributed by atoms with Crippen LogP contribution in [0.4, 0.5) is 10.5 Å². The number of rotatable bonds is 3. The van der Waals surface area contributed by atoms with E-state index in [-0.39, 0.29) is 12.1 Å². The van der Waals surface area contributed by atoms with Gasteiger partial charge in [0.25, 0.3) is 0 Å². The molecule has 0 saturated carbocycles. The molecular formula is C24H22ClN3O. The number of nitrogens with zero attached hydrogens (tertiary/aromatic N) is 2. The first kappa shape index (κ1) is 19.2. The largest absolute Gasteiger partial charge is 0.342 e. The Morgan fingerprint density at radius 2 is 1.66 bits per heavy atom. The first-order valence-electron chi connectivity index (χ1n) is 9.56. The van der Waals surface area contributed by atoms with E-state index in [1.807, 2.05) is 6.07 Å². The molecule has 1 N–H and O–H groups in total. The molecule has 0 spiro atoms. The third-order valence-electron chi connectivity index (χ3n) is 5.04. The zero-order chi connectivity index (χ0) is 20.4. The van der Waals surface area contributed by atoms with Crippen LogP contribution in [0.1, 0.15) is 34.7 Å². The molecule has 2 amide bonds. The van der Waals surface area contributed by atoms with Crippen molar-refractivity contribution in [2.75, 3.05) is 5.32 Å². The average molecular weight is 404 g/mol. The number of carbonyl (C=O) groups excluding carboxylic acids is 1. The predicted octanol–water partition coefficient (Wildman–Crippen LogP) is 6.34. The maximum atomic E-state index is 13.1. The van der Waals surface area contributed by atoms with Gasteiger partial charge in [0, 0.05) is 17.1 Å². The van der Waals surface area contributed by atoms with Gasteiger partial charge in [-0.25, -0.2) is 9.80 Å². The van der Waals surface area contributed by atoms with Crippen LogP contribution in [0.15, 0.2) is 77.9 Å². The third-order valence-corrected chi connectivity index (χ3v) is 5.28. The Balaban J connectivity index is 1.65. The Bertz CT molecular complexity index is 1060. The molecule has 4 nitrogen and oxygen atoms in total. The minimum Gasteiger partial charge on any atom is -0.306 e. The van der Waals surface area contributed by atoms with Crippen molar-refractivity contribution in [3.8, 4) is 0 Å². The van der Waals surface area contributed by atoms with Crippen LogP contribution < -0.4 is 5.32 Å². The van der Waals surface area contributed by atoms with Crippen LogP contribution in [-0.4, -0.2) is 16.8 Å². The number of halogens is 1. The van der Waals surface area contributed by atoms with Gasteiger partial charge in [-0.05, 0) is 43.2 Å². The molecule has 0 unspecified atom stereocenters. The fourth-order valence-corrected chi connectivity index (χ4v) is 3.60. The molecule has 1 atom stereocenters. The monoisotopic (exact) mass is 403 g/mol. The van der Waals surface area contributed by atoms with Crippen LogP contribution in [0.25, 0.3) is 0 Å². The lowest BCUT2D eigenvalue weighted by atomic mass is 9.97. The molecule has 0 aliphatic carbocycles. The summed E-state index contributed by atoms with van der Waals surface area (Å²) < 4.78 is 0. The van der Waals surface area contributed by atoms with E-state index in [1.165, 1.54) is 11.1 Å². The van der Waals surface area contributed by atoms with E-state index in [0.29, 0.717) is 17.1 Å². The molecule has 146 valence electrons. The molecule has 0 radical (unpaired) electrons. The van der Waals surface area contributed by atoms with E-state index in [1.54, 1.807) is 23.2 Å². The second-order valence-corrected chi connectivity index (χ2v) is 7.76. The van der Waals surface area contributed by atoms with E-state index in [2.05, 4.69) is 67.7 Å². The molecule has 4 rings (SSSR count). The predicted molar refractivity (Wildman–Crippen MR) is 119 cm³/mol.